The first-order chi connectivity index (χ1) is 4.42. The summed E-state index contributed by atoms with van der Waals surface area (Å²) < 4.78 is 0. The van der Waals surface area contributed by atoms with Gasteiger partial charge >= 0.3 is 0 Å². The van der Waals surface area contributed by atoms with E-state index in [4.69, 9.17) is 0 Å². The molecule has 2 saturated carbocycles. The number of hydrogen-bond donors (Lipinski definition) is 1. The summed E-state index contributed by atoms with van der Waals surface area (Å²) in [6.45, 7) is 1.34. The molecule has 3 unspecified atom stereocenters. The molecule has 50 valence electrons. The predicted octanol–water partition coefficient (Wildman–Crippen LogP) is 1.15. The van der Waals surface area contributed by atoms with Gasteiger partial charge in [0.05, 0.1) is 0 Å². The lowest BCUT2D eigenvalue weighted by Crippen LogP contribution is -2.53. The Morgan fingerprint density at radius 1 is 1.22 bits per heavy atom. The molecule has 1 heteroatoms. The van der Waals surface area contributed by atoms with Gasteiger partial charge in [0.25, 0.3) is 0 Å². The monoisotopic (exact) mass is 123 g/mol. The van der Waals surface area contributed by atoms with Crippen LogP contribution in [0.15, 0.2) is 0 Å². The second-order valence-corrected chi connectivity index (χ2v) is 3.97. The molecule has 1 spiro atoms. The summed E-state index contributed by atoms with van der Waals surface area (Å²) in [7, 11) is 0. The predicted molar refractivity (Wildman–Crippen MR) is 36.2 cm³/mol. The van der Waals surface area contributed by atoms with Crippen molar-refractivity contribution in [2.45, 2.75) is 31.7 Å². The Kier molecular flexibility index (Phi) is 0.628. The van der Waals surface area contributed by atoms with Gasteiger partial charge in [0.15, 0.2) is 0 Å². The molecule has 0 amide bonds. The van der Waals surface area contributed by atoms with Gasteiger partial charge in [0.2, 0.25) is 0 Å². The Morgan fingerprint density at radius 3 is 2.44 bits per heavy atom. The van der Waals surface area contributed by atoms with Gasteiger partial charge < -0.3 is 5.32 Å². The van der Waals surface area contributed by atoms with Crippen molar-refractivity contribution in [2.75, 3.05) is 6.54 Å². The molecule has 3 fully saturated rings. The van der Waals surface area contributed by atoms with Crippen LogP contribution in [-0.2, 0) is 0 Å². The summed E-state index contributed by atoms with van der Waals surface area (Å²) >= 11 is 0. The highest BCUT2D eigenvalue weighted by Gasteiger charge is 2.60. The van der Waals surface area contributed by atoms with E-state index < -0.39 is 0 Å². The van der Waals surface area contributed by atoms with Crippen molar-refractivity contribution in [2.24, 2.45) is 11.3 Å². The fourth-order valence-electron chi connectivity index (χ4n) is 3.06. The zero-order chi connectivity index (χ0) is 5.90. The minimum Gasteiger partial charge on any atom is -0.313 e. The van der Waals surface area contributed by atoms with Crippen molar-refractivity contribution in [3.05, 3.63) is 0 Å². The van der Waals surface area contributed by atoms with Gasteiger partial charge in [0.1, 0.15) is 0 Å². The lowest BCUT2D eigenvalue weighted by atomic mass is 9.50. The van der Waals surface area contributed by atoms with Gasteiger partial charge in [0, 0.05) is 6.04 Å². The maximum Gasteiger partial charge on any atom is 0.0127 e. The highest BCUT2D eigenvalue weighted by atomic mass is 15.0. The lowest BCUT2D eigenvalue weighted by molar-refractivity contribution is -0.0257. The van der Waals surface area contributed by atoms with Gasteiger partial charge in [-0.15, -0.1) is 0 Å². The third kappa shape index (κ3) is 0.337. The maximum atomic E-state index is 3.61. The van der Waals surface area contributed by atoms with Crippen LogP contribution in [0.3, 0.4) is 0 Å². The minimum absolute atomic E-state index is 0.861. The Labute approximate surface area is 55.8 Å². The first kappa shape index (κ1) is 4.73. The normalized spacial score (nSPS) is 61.3. The van der Waals surface area contributed by atoms with Gasteiger partial charge in [-0.05, 0) is 43.6 Å². The molecule has 1 nitrogen and oxygen atoms in total. The summed E-state index contributed by atoms with van der Waals surface area (Å²) in [4.78, 5) is 0. The second kappa shape index (κ2) is 1.20. The van der Waals surface area contributed by atoms with Crippen LogP contribution >= 0.6 is 0 Å². The average Bonchev–Trinajstić information content (AvgIpc) is 1.85. The van der Waals surface area contributed by atoms with Crippen LogP contribution in [0.1, 0.15) is 25.7 Å². The van der Waals surface area contributed by atoms with Crippen LogP contribution in [0.5, 0.6) is 0 Å². The van der Waals surface area contributed by atoms with Crippen molar-refractivity contribution in [1.82, 2.24) is 5.32 Å². The molecular weight excluding hydrogens is 110 g/mol. The van der Waals surface area contributed by atoms with Crippen LogP contribution < -0.4 is 5.32 Å². The molecule has 3 atom stereocenters. The van der Waals surface area contributed by atoms with E-state index in [9.17, 15) is 0 Å². The van der Waals surface area contributed by atoms with Crippen LogP contribution in [-0.4, -0.2) is 12.6 Å². The third-order valence-electron chi connectivity index (χ3n) is 3.97. The average molecular weight is 123 g/mol. The zero-order valence-electron chi connectivity index (χ0n) is 5.69. The van der Waals surface area contributed by atoms with Crippen LogP contribution in [0.2, 0.25) is 0 Å². The van der Waals surface area contributed by atoms with E-state index in [1.165, 1.54) is 32.2 Å². The van der Waals surface area contributed by atoms with E-state index in [2.05, 4.69) is 5.32 Å². The van der Waals surface area contributed by atoms with Crippen LogP contribution in [0.25, 0.3) is 0 Å². The highest BCUT2D eigenvalue weighted by molar-refractivity contribution is 5.14. The second-order valence-electron chi connectivity index (χ2n) is 3.97. The molecular formula is C8H13N. The third-order valence-corrected chi connectivity index (χ3v) is 3.97. The lowest BCUT2D eigenvalue weighted by Gasteiger charge is -2.55. The van der Waals surface area contributed by atoms with Gasteiger partial charge in [-0.3, -0.25) is 0 Å². The molecule has 1 N–H and O–H groups in total. The molecule has 1 aliphatic heterocycles. The smallest absolute Gasteiger partial charge is 0.0127 e. The van der Waals surface area contributed by atoms with E-state index in [0.717, 1.165) is 17.4 Å². The fraction of sp³-hybridized carbons (Fsp3) is 1.00. The Hall–Kier alpha value is -0.0400. The summed E-state index contributed by atoms with van der Waals surface area (Å²) in [6, 6.07) is 0.955. The Bertz CT molecular complexity index is 135. The van der Waals surface area contributed by atoms with E-state index >= 15 is 0 Å². The number of nitrogens with one attached hydrogen (secondary N) is 1. The molecule has 0 aromatic carbocycles. The van der Waals surface area contributed by atoms with Gasteiger partial charge in [-0.1, -0.05) is 0 Å². The minimum atomic E-state index is 0.861. The van der Waals surface area contributed by atoms with Crippen molar-refractivity contribution in [3.63, 3.8) is 0 Å². The van der Waals surface area contributed by atoms with Crippen molar-refractivity contribution in [1.29, 1.82) is 0 Å². The number of rotatable bonds is 0. The molecule has 9 heavy (non-hydrogen) atoms. The summed E-state index contributed by atoms with van der Waals surface area (Å²) in [5.41, 5.74) is 0.861. The molecule has 2 aliphatic carbocycles. The molecule has 0 aromatic rings. The Balaban J connectivity index is 1.97. The SMILES string of the molecule is C1CC23CCC2NCC13. The zero-order valence-corrected chi connectivity index (χ0v) is 5.69. The van der Waals surface area contributed by atoms with E-state index in [1.54, 1.807) is 0 Å². The molecule has 0 bridgehead atoms. The molecule has 3 aliphatic rings. The Morgan fingerprint density at radius 2 is 2.11 bits per heavy atom. The molecule has 0 aromatic heterocycles. The van der Waals surface area contributed by atoms with E-state index in [-0.39, 0.29) is 0 Å². The number of hydrogen-bond acceptors (Lipinski definition) is 1. The molecule has 1 saturated heterocycles. The first-order valence-electron chi connectivity index (χ1n) is 4.15. The molecule has 0 radical (unpaired) electrons. The van der Waals surface area contributed by atoms with Crippen molar-refractivity contribution >= 4 is 0 Å². The van der Waals surface area contributed by atoms with Gasteiger partial charge in [-0.2, -0.15) is 0 Å². The quantitative estimate of drug-likeness (QED) is 0.509. The molecule has 3 rings (SSSR count). The largest absolute Gasteiger partial charge is 0.313 e. The van der Waals surface area contributed by atoms with Crippen LogP contribution in [0.4, 0.5) is 0 Å². The van der Waals surface area contributed by atoms with Crippen LogP contribution in [0, 0.1) is 11.3 Å². The summed E-state index contributed by atoms with van der Waals surface area (Å²) in [5.74, 6) is 1.09. The highest BCUT2D eigenvalue weighted by Crippen LogP contribution is 2.62. The molecule has 1 heterocycles. The standard InChI is InChI=1S/C8H13N/c1-3-8-4-2-7(8)9-5-6(1)8/h6-7,9H,1-5H2. The van der Waals surface area contributed by atoms with Crippen molar-refractivity contribution in [3.8, 4) is 0 Å². The summed E-state index contributed by atoms with van der Waals surface area (Å²) in [5, 5.41) is 3.61. The summed E-state index contributed by atoms with van der Waals surface area (Å²) in [6.07, 6.45) is 6.06. The maximum absolute atomic E-state index is 3.61. The first-order valence-corrected chi connectivity index (χ1v) is 4.15. The van der Waals surface area contributed by atoms with Crippen molar-refractivity contribution < 1.29 is 0 Å². The topological polar surface area (TPSA) is 12.0 Å². The van der Waals surface area contributed by atoms with Gasteiger partial charge in [-0.25, -0.2) is 0 Å². The fourth-order valence-corrected chi connectivity index (χ4v) is 3.06. The van der Waals surface area contributed by atoms with E-state index in [1.807, 2.05) is 0 Å². The van der Waals surface area contributed by atoms with E-state index in [0.29, 0.717) is 0 Å².